The summed E-state index contributed by atoms with van der Waals surface area (Å²) in [5, 5.41) is 13.5. The van der Waals surface area contributed by atoms with E-state index in [0.717, 1.165) is 21.8 Å². The molecule has 0 saturated carbocycles. The zero-order valence-corrected chi connectivity index (χ0v) is 14.1. The minimum Gasteiger partial charge on any atom is -0.474 e. The number of hydrogen-bond donors (Lipinski definition) is 1. The van der Waals surface area contributed by atoms with Crippen molar-refractivity contribution < 1.29 is 18.8 Å². The monoisotopic (exact) mass is 430 g/mol. The Kier molecular flexibility index (Phi) is 5.48. The van der Waals surface area contributed by atoms with Crippen molar-refractivity contribution in [1.82, 2.24) is 0 Å². The first-order valence-corrected chi connectivity index (χ1v) is 7.61. The molecule has 1 amide bonds. The zero-order valence-electron chi connectivity index (χ0n) is 12.0. The number of hydrogen-bond acceptors (Lipinski definition) is 4. The Morgan fingerprint density at radius 2 is 1.96 bits per heavy atom. The Balaban J connectivity index is 2.10. The van der Waals surface area contributed by atoms with Crippen molar-refractivity contribution in [2.24, 2.45) is 0 Å². The molecule has 0 aliphatic carbocycles. The molecular weight excluding hydrogens is 418 g/mol. The number of nitrogens with one attached hydrogen (secondary N) is 1. The van der Waals surface area contributed by atoms with Gasteiger partial charge in [-0.25, -0.2) is 4.39 Å². The van der Waals surface area contributed by atoms with Crippen LogP contribution in [0.15, 0.2) is 42.5 Å². The van der Waals surface area contributed by atoms with E-state index in [9.17, 15) is 19.3 Å². The average molecular weight is 430 g/mol. The molecule has 1 N–H and O–H groups in total. The summed E-state index contributed by atoms with van der Waals surface area (Å²) in [6, 6.07) is 9.91. The number of nitro benzene ring substituents is 1. The highest BCUT2D eigenvalue weighted by molar-refractivity contribution is 14.1. The Bertz CT molecular complexity index is 737. The molecule has 0 heterocycles. The molecule has 1 unspecified atom stereocenters. The number of ether oxygens (including phenoxy) is 1. The van der Waals surface area contributed by atoms with Gasteiger partial charge in [-0.1, -0.05) is 0 Å². The van der Waals surface area contributed by atoms with Gasteiger partial charge in [0.1, 0.15) is 5.82 Å². The van der Waals surface area contributed by atoms with Gasteiger partial charge in [0.05, 0.1) is 4.92 Å². The molecule has 6 nitrogen and oxygen atoms in total. The molecule has 0 radical (unpaired) electrons. The van der Waals surface area contributed by atoms with Crippen LogP contribution in [0.3, 0.4) is 0 Å². The summed E-state index contributed by atoms with van der Waals surface area (Å²) in [7, 11) is 0. The van der Waals surface area contributed by atoms with Gasteiger partial charge in [-0.2, -0.15) is 0 Å². The van der Waals surface area contributed by atoms with E-state index in [1.165, 1.54) is 6.92 Å². The van der Waals surface area contributed by atoms with Crippen LogP contribution in [0, 0.1) is 19.5 Å². The first-order chi connectivity index (χ1) is 10.9. The van der Waals surface area contributed by atoms with Crippen molar-refractivity contribution in [3.8, 4) is 5.75 Å². The first kappa shape index (κ1) is 17.1. The maximum absolute atomic E-state index is 13.2. The summed E-state index contributed by atoms with van der Waals surface area (Å²) in [4.78, 5) is 22.3. The van der Waals surface area contributed by atoms with Gasteiger partial charge in [-0.3, -0.25) is 14.9 Å². The van der Waals surface area contributed by atoms with Crippen LogP contribution in [0.2, 0.25) is 0 Å². The predicted octanol–water partition coefficient (Wildman–Crippen LogP) is 3.74. The largest absolute Gasteiger partial charge is 0.474 e. The number of carbonyl (C=O) groups is 1. The number of nitrogens with zero attached hydrogens (tertiary/aromatic N) is 1. The van der Waals surface area contributed by atoms with Gasteiger partial charge in [0.15, 0.2) is 6.10 Å². The molecule has 2 aromatic carbocycles. The van der Waals surface area contributed by atoms with Crippen LogP contribution in [0.4, 0.5) is 15.8 Å². The molecule has 0 bridgehead atoms. The second-order valence-corrected chi connectivity index (χ2v) is 5.87. The van der Waals surface area contributed by atoms with Gasteiger partial charge >= 0.3 is 5.69 Å². The second kappa shape index (κ2) is 7.36. The minimum atomic E-state index is -1.03. The summed E-state index contributed by atoms with van der Waals surface area (Å²) in [6.45, 7) is 1.43. The number of halogens is 2. The van der Waals surface area contributed by atoms with E-state index >= 15 is 0 Å². The van der Waals surface area contributed by atoms with E-state index in [4.69, 9.17) is 4.74 Å². The van der Waals surface area contributed by atoms with Crippen molar-refractivity contribution in [2.75, 3.05) is 5.32 Å². The lowest BCUT2D eigenvalue weighted by Crippen LogP contribution is -2.30. The average Bonchev–Trinajstić information content (AvgIpc) is 2.49. The molecule has 0 aliphatic rings. The number of rotatable bonds is 5. The number of carbonyl (C=O) groups excluding carboxylic acids is 1. The molecule has 23 heavy (non-hydrogen) atoms. The second-order valence-electron chi connectivity index (χ2n) is 4.63. The number of nitro groups is 1. The highest BCUT2D eigenvalue weighted by Gasteiger charge is 2.22. The van der Waals surface area contributed by atoms with Crippen LogP contribution >= 0.6 is 22.6 Å². The summed E-state index contributed by atoms with van der Waals surface area (Å²) < 4.78 is 19.5. The van der Waals surface area contributed by atoms with Crippen LogP contribution in [-0.4, -0.2) is 16.9 Å². The van der Waals surface area contributed by atoms with Crippen LogP contribution in [-0.2, 0) is 4.79 Å². The Morgan fingerprint density at radius 3 is 2.57 bits per heavy atom. The molecule has 2 aromatic rings. The van der Waals surface area contributed by atoms with Crippen molar-refractivity contribution >= 4 is 39.9 Å². The van der Waals surface area contributed by atoms with E-state index in [2.05, 4.69) is 27.9 Å². The van der Waals surface area contributed by atoms with E-state index in [1.54, 1.807) is 12.1 Å². The van der Waals surface area contributed by atoms with Gasteiger partial charge in [-0.05, 0) is 59.8 Å². The fourth-order valence-corrected chi connectivity index (χ4v) is 2.11. The van der Waals surface area contributed by atoms with E-state index in [1.807, 2.05) is 12.1 Å². The highest BCUT2D eigenvalue weighted by atomic mass is 127. The fraction of sp³-hybridized carbons (Fsp3) is 0.133. The lowest BCUT2D eigenvalue weighted by molar-refractivity contribution is -0.386. The van der Waals surface area contributed by atoms with Crippen molar-refractivity contribution in [3.63, 3.8) is 0 Å². The third kappa shape index (κ3) is 4.62. The summed E-state index contributed by atoms with van der Waals surface area (Å²) in [5.74, 6) is -1.47. The number of benzene rings is 2. The lowest BCUT2D eigenvalue weighted by atomic mass is 10.2. The van der Waals surface area contributed by atoms with Gasteiger partial charge in [-0.15, -0.1) is 0 Å². The zero-order chi connectivity index (χ0) is 17.0. The quantitative estimate of drug-likeness (QED) is 0.445. The Labute approximate surface area is 144 Å². The topological polar surface area (TPSA) is 81.5 Å². The normalized spacial score (nSPS) is 11.6. The van der Waals surface area contributed by atoms with Crippen LogP contribution in [0.25, 0.3) is 0 Å². The molecule has 1 atom stereocenters. The SMILES string of the molecule is CC(Oc1cc(F)ccc1[N+](=O)[O-])C(=O)Nc1ccc(I)cc1. The predicted molar refractivity (Wildman–Crippen MR) is 90.9 cm³/mol. The summed E-state index contributed by atoms with van der Waals surface area (Å²) in [6.07, 6.45) is -1.03. The third-order valence-corrected chi connectivity index (χ3v) is 3.62. The van der Waals surface area contributed by atoms with Gasteiger partial charge in [0, 0.05) is 21.4 Å². The van der Waals surface area contributed by atoms with Gasteiger partial charge in [0.2, 0.25) is 5.75 Å². The molecular formula is C15H12FIN2O4. The van der Waals surface area contributed by atoms with Gasteiger partial charge in [0.25, 0.3) is 5.91 Å². The van der Waals surface area contributed by atoms with E-state index < -0.39 is 28.4 Å². The molecule has 0 spiro atoms. The van der Waals surface area contributed by atoms with E-state index in [-0.39, 0.29) is 5.75 Å². The van der Waals surface area contributed by atoms with Crippen LogP contribution < -0.4 is 10.1 Å². The van der Waals surface area contributed by atoms with Crippen LogP contribution in [0.5, 0.6) is 5.75 Å². The lowest BCUT2D eigenvalue weighted by Gasteiger charge is -2.15. The molecule has 2 rings (SSSR count). The molecule has 120 valence electrons. The molecule has 0 fully saturated rings. The maximum atomic E-state index is 13.2. The van der Waals surface area contributed by atoms with Crippen LogP contribution in [0.1, 0.15) is 6.92 Å². The highest BCUT2D eigenvalue weighted by Crippen LogP contribution is 2.28. The number of anilines is 1. The van der Waals surface area contributed by atoms with Crippen molar-refractivity contribution in [2.45, 2.75) is 13.0 Å². The smallest absolute Gasteiger partial charge is 0.311 e. The number of amides is 1. The fourth-order valence-electron chi connectivity index (χ4n) is 1.75. The first-order valence-electron chi connectivity index (χ1n) is 6.54. The Morgan fingerprint density at radius 1 is 1.30 bits per heavy atom. The van der Waals surface area contributed by atoms with Gasteiger partial charge < -0.3 is 10.1 Å². The van der Waals surface area contributed by atoms with Crippen molar-refractivity contribution in [1.29, 1.82) is 0 Å². The standard InChI is InChI=1S/C15H12FIN2O4/c1-9(15(20)18-12-5-3-11(17)4-6-12)23-14-8-10(16)2-7-13(14)19(21)22/h2-9H,1H3,(H,18,20). The molecule has 8 heteroatoms. The maximum Gasteiger partial charge on any atom is 0.311 e. The molecule has 0 saturated heterocycles. The minimum absolute atomic E-state index is 0.291. The summed E-state index contributed by atoms with van der Waals surface area (Å²) >= 11 is 2.13. The van der Waals surface area contributed by atoms with Crippen molar-refractivity contribution in [3.05, 3.63) is 62.0 Å². The summed E-state index contributed by atoms with van der Waals surface area (Å²) in [5.41, 5.74) is 0.167. The molecule has 0 aliphatic heterocycles. The third-order valence-electron chi connectivity index (χ3n) is 2.90. The molecule has 0 aromatic heterocycles. The van der Waals surface area contributed by atoms with E-state index in [0.29, 0.717) is 5.69 Å². The Hall–Kier alpha value is -2.23.